The lowest BCUT2D eigenvalue weighted by atomic mass is 9.71. The molecule has 3 heterocycles. The van der Waals surface area contributed by atoms with Gasteiger partial charge in [-0.05, 0) is 51.0 Å². The van der Waals surface area contributed by atoms with Gasteiger partial charge in [0, 0.05) is 43.7 Å². The van der Waals surface area contributed by atoms with Crippen LogP contribution in [0.2, 0.25) is 0 Å². The zero-order chi connectivity index (χ0) is 18.0. The first-order valence-corrected chi connectivity index (χ1v) is 9.74. The van der Waals surface area contributed by atoms with Crippen molar-refractivity contribution in [1.82, 2.24) is 14.9 Å². The molecule has 2 saturated heterocycles. The van der Waals surface area contributed by atoms with Gasteiger partial charge >= 0.3 is 5.97 Å². The molecule has 1 spiro atoms. The second-order valence-electron chi connectivity index (χ2n) is 8.07. The molecule has 1 aliphatic carbocycles. The van der Waals surface area contributed by atoms with E-state index in [0.29, 0.717) is 12.0 Å². The third kappa shape index (κ3) is 3.55. The number of carbonyl (C=O) groups is 1. The van der Waals surface area contributed by atoms with Crippen LogP contribution in [-0.4, -0.2) is 62.8 Å². The summed E-state index contributed by atoms with van der Waals surface area (Å²) < 4.78 is 6.24. The van der Waals surface area contributed by atoms with Crippen molar-refractivity contribution in [3.05, 3.63) is 18.5 Å². The first kappa shape index (κ1) is 17.7. The Morgan fingerprint density at radius 2 is 2.00 bits per heavy atom. The lowest BCUT2D eigenvalue weighted by Gasteiger charge is -2.55. The summed E-state index contributed by atoms with van der Waals surface area (Å²) in [6.45, 7) is 2.62. The van der Waals surface area contributed by atoms with Gasteiger partial charge in [0.1, 0.15) is 0 Å². The van der Waals surface area contributed by atoms with E-state index >= 15 is 0 Å². The van der Waals surface area contributed by atoms with Crippen LogP contribution in [0, 0.1) is 0 Å². The minimum absolute atomic E-state index is 0.0879. The van der Waals surface area contributed by atoms with Crippen molar-refractivity contribution in [1.29, 1.82) is 0 Å². The number of piperidine rings is 1. The summed E-state index contributed by atoms with van der Waals surface area (Å²) in [4.78, 5) is 22.3. The molecule has 0 amide bonds. The van der Waals surface area contributed by atoms with Crippen molar-refractivity contribution in [3.63, 3.8) is 0 Å². The molecule has 7 heteroatoms. The molecule has 1 atom stereocenters. The summed E-state index contributed by atoms with van der Waals surface area (Å²) in [5.41, 5.74) is -0.188. The van der Waals surface area contributed by atoms with E-state index in [1.165, 1.54) is 0 Å². The highest BCUT2D eigenvalue weighted by Crippen LogP contribution is 2.45. The van der Waals surface area contributed by atoms with Gasteiger partial charge in [-0.2, -0.15) is 0 Å². The van der Waals surface area contributed by atoms with Crippen molar-refractivity contribution in [2.75, 3.05) is 25.0 Å². The van der Waals surface area contributed by atoms with E-state index in [1.807, 2.05) is 6.07 Å². The summed E-state index contributed by atoms with van der Waals surface area (Å²) in [6.07, 6.45) is 10.8. The third-order valence-electron chi connectivity index (χ3n) is 6.50. The maximum Gasteiger partial charge on any atom is 0.305 e. The van der Waals surface area contributed by atoms with E-state index in [4.69, 9.17) is 4.74 Å². The summed E-state index contributed by atoms with van der Waals surface area (Å²) >= 11 is 0. The molecule has 1 aromatic heterocycles. The molecule has 2 N–H and O–H groups in total. The fourth-order valence-electron chi connectivity index (χ4n) is 4.92. The van der Waals surface area contributed by atoms with Crippen LogP contribution in [-0.2, 0) is 9.53 Å². The highest BCUT2D eigenvalue weighted by molar-refractivity contribution is 5.68. The van der Waals surface area contributed by atoms with Crippen LogP contribution in [0.15, 0.2) is 18.5 Å². The topological polar surface area (TPSA) is 87.6 Å². The average Bonchev–Trinajstić information content (AvgIpc) is 2.60. The Balaban J connectivity index is 1.36. The van der Waals surface area contributed by atoms with Crippen molar-refractivity contribution in [3.8, 4) is 0 Å². The molecule has 0 bridgehead atoms. The largest absolute Gasteiger partial charge is 0.481 e. The van der Waals surface area contributed by atoms with Crippen molar-refractivity contribution in [2.45, 2.75) is 68.5 Å². The number of rotatable bonds is 5. The van der Waals surface area contributed by atoms with E-state index in [1.54, 1.807) is 12.4 Å². The van der Waals surface area contributed by atoms with Crippen LogP contribution < -0.4 is 5.32 Å². The number of carboxylic acid groups (broad SMARTS) is 1. The lowest BCUT2D eigenvalue weighted by molar-refractivity contribution is -0.150. The molecule has 26 heavy (non-hydrogen) atoms. The predicted molar refractivity (Wildman–Crippen MR) is 97.0 cm³/mol. The molecule has 3 fully saturated rings. The van der Waals surface area contributed by atoms with Gasteiger partial charge in [-0.3, -0.25) is 9.69 Å². The molecular formula is C19H28N4O3. The van der Waals surface area contributed by atoms with E-state index in [2.05, 4.69) is 20.2 Å². The Kier molecular flexibility index (Phi) is 4.84. The molecule has 0 radical (unpaired) electrons. The van der Waals surface area contributed by atoms with Gasteiger partial charge < -0.3 is 15.2 Å². The highest BCUT2D eigenvalue weighted by Gasteiger charge is 2.48. The van der Waals surface area contributed by atoms with Crippen molar-refractivity contribution < 1.29 is 14.6 Å². The van der Waals surface area contributed by atoms with Crippen LogP contribution in [0.25, 0.3) is 0 Å². The molecule has 0 aromatic carbocycles. The molecule has 1 aromatic rings. The lowest BCUT2D eigenvalue weighted by Crippen LogP contribution is -2.61. The van der Waals surface area contributed by atoms with E-state index in [-0.39, 0.29) is 17.6 Å². The summed E-state index contributed by atoms with van der Waals surface area (Å²) in [6, 6.07) is 2.15. The minimum atomic E-state index is -0.675. The molecule has 4 rings (SSSR count). The molecule has 142 valence electrons. The predicted octanol–water partition coefficient (Wildman–Crippen LogP) is 2.30. The van der Waals surface area contributed by atoms with Crippen molar-refractivity contribution >= 4 is 11.9 Å². The van der Waals surface area contributed by atoms with Gasteiger partial charge in [0.25, 0.3) is 0 Å². The summed E-state index contributed by atoms with van der Waals surface area (Å²) in [5, 5.41) is 12.7. The Morgan fingerprint density at radius 1 is 1.27 bits per heavy atom. The van der Waals surface area contributed by atoms with Crippen LogP contribution >= 0.6 is 0 Å². The number of nitrogens with zero attached hydrogens (tertiary/aromatic N) is 3. The number of aromatic nitrogens is 2. The standard InChI is InChI=1S/C19H28N4O3/c24-16(25)14-18(4-1-5-18)23-10-6-19(7-11-23)13-15(3-12-26-19)22-17-20-8-2-9-21-17/h2,8-9,15H,1,3-7,10-14H2,(H,24,25)(H,20,21,22). The molecule has 1 saturated carbocycles. The van der Waals surface area contributed by atoms with Crippen LogP contribution in [0.1, 0.15) is 51.4 Å². The van der Waals surface area contributed by atoms with Gasteiger partial charge in [-0.1, -0.05) is 0 Å². The number of anilines is 1. The first-order valence-electron chi connectivity index (χ1n) is 9.74. The van der Waals surface area contributed by atoms with Crippen LogP contribution in [0.4, 0.5) is 5.95 Å². The number of hydrogen-bond acceptors (Lipinski definition) is 6. The number of hydrogen-bond donors (Lipinski definition) is 2. The molecule has 2 aliphatic heterocycles. The van der Waals surface area contributed by atoms with E-state index < -0.39 is 5.97 Å². The normalized spacial score (nSPS) is 27.6. The van der Waals surface area contributed by atoms with Crippen LogP contribution in [0.5, 0.6) is 0 Å². The third-order valence-corrected chi connectivity index (χ3v) is 6.50. The first-order chi connectivity index (χ1) is 12.6. The Morgan fingerprint density at radius 3 is 2.62 bits per heavy atom. The SMILES string of the molecule is O=C(O)CC1(N2CCC3(CC2)CC(Nc2ncccn2)CCO3)CCC1. The minimum Gasteiger partial charge on any atom is -0.481 e. The van der Waals surface area contributed by atoms with Crippen LogP contribution in [0.3, 0.4) is 0 Å². The molecule has 7 nitrogen and oxygen atoms in total. The molecule has 1 unspecified atom stereocenters. The molecular weight excluding hydrogens is 332 g/mol. The van der Waals surface area contributed by atoms with Gasteiger partial charge in [0.05, 0.1) is 12.0 Å². The zero-order valence-corrected chi connectivity index (χ0v) is 15.2. The maximum atomic E-state index is 11.3. The van der Waals surface area contributed by atoms with Gasteiger partial charge in [0.15, 0.2) is 0 Å². The monoisotopic (exact) mass is 360 g/mol. The summed E-state index contributed by atoms with van der Waals surface area (Å²) in [7, 11) is 0. The zero-order valence-electron chi connectivity index (χ0n) is 15.2. The maximum absolute atomic E-state index is 11.3. The number of ether oxygens (including phenoxy) is 1. The van der Waals surface area contributed by atoms with Gasteiger partial charge in [-0.15, -0.1) is 0 Å². The average molecular weight is 360 g/mol. The second-order valence-corrected chi connectivity index (χ2v) is 8.07. The number of carboxylic acids is 1. The Hall–Kier alpha value is -1.73. The van der Waals surface area contributed by atoms with Gasteiger partial charge in [0.2, 0.25) is 5.95 Å². The quantitative estimate of drug-likeness (QED) is 0.833. The smallest absolute Gasteiger partial charge is 0.305 e. The number of likely N-dealkylation sites (tertiary alicyclic amines) is 1. The van der Waals surface area contributed by atoms with E-state index in [9.17, 15) is 9.90 Å². The number of nitrogens with one attached hydrogen (secondary N) is 1. The Bertz CT molecular complexity index is 627. The fourth-order valence-corrected chi connectivity index (χ4v) is 4.92. The summed E-state index contributed by atoms with van der Waals surface area (Å²) in [5.74, 6) is 0.00731. The van der Waals surface area contributed by atoms with E-state index in [0.717, 1.165) is 64.6 Å². The van der Waals surface area contributed by atoms with Gasteiger partial charge in [-0.25, -0.2) is 9.97 Å². The molecule has 3 aliphatic rings. The fraction of sp³-hybridized carbons (Fsp3) is 0.737. The van der Waals surface area contributed by atoms with Crippen molar-refractivity contribution in [2.24, 2.45) is 0 Å². The Labute approximate surface area is 154 Å². The highest BCUT2D eigenvalue weighted by atomic mass is 16.5. The second kappa shape index (κ2) is 7.12. The number of aliphatic carboxylic acids is 1.